The molecule has 3 aliphatic rings. The minimum Gasteiger partial charge on any atom is -0.310 e. The van der Waals surface area contributed by atoms with Crippen LogP contribution in [0.25, 0.3) is 0 Å². The van der Waals surface area contributed by atoms with Gasteiger partial charge in [-0.05, 0) is 51.5 Å². The van der Waals surface area contributed by atoms with E-state index in [9.17, 15) is 0 Å². The molecule has 3 rings (SSSR count). The summed E-state index contributed by atoms with van der Waals surface area (Å²) in [6, 6.07) is 2.39. The van der Waals surface area contributed by atoms with E-state index in [4.69, 9.17) is 0 Å². The molecule has 0 bridgehead atoms. The SMILES string of the molecule is C[C@H](NC1CCN2CCCCC12)C1CCCCCC1. The third-order valence-electron chi connectivity index (χ3n) is 5.94. The molecule has 0 aromatic carbocycles. The highest BCUT2D eigenvalue weighted by molar-refractivity contribution is 4.95. The van der Waals surface area contributed by atoms with Crippen LogP contribution in [0.4, 0.5) is 0 Å². The Morgan fingerprint density at radius 2 is 1.58 bits per heavy atom. The number of fused-ring (bicyclic) bond motifs is 1. The Balaban J connectivity index is 1.52. The Bertz CT molecular complexity index is 270. The Labute approximate surface area is 119 Å². The van der Waals surface area contributed by atoms with Crippen molar-refractivity contribution in [1.29, 1.82) is 0 Å². The molecule has 0 aromatic heterocycles. The highest BCUT2D eigenvalue weighted by Gasteiger charge is 2.36. The second kappa shape index (κ2) is 6.58. The van der Waals surface area contributed by atoms with E-state index in [2.05, 4.69) is 17.1 Å². The summed E-state index contributed by atoms with van der Waals surface area (Å²) in [5.74, 6) is 0.945. The van der Waals surface area contributed by atoms with Gasteiger partial charge in [0.2, 0.25) is 0 Å². The maximum atomic E-state index is 4.03. The van der Waals surface area contributed by atoms with Crippen molar-refractivity contribution >= 4 is 0 Å². The van der Waals surface area contributed by atoms with Crippen molar-refractivity contribution in [2.45, 2.75) is 89.3 Å². The first kappa shape index (κ1) is 13.9. The zero-order valence-electron chi connectivity index (χ0n) is 12.7. The molecule has 1 aliphatic carbocycles. The van der Waals surface area contributed by atoms with Gasteiger partial charge in [0, 0.05) is 24.7 Å². The van der Waals surface area contributed by atoms with E-state index in [1.54, 1.807) is 0 Å². The maximum absolute atomic E-state index is 4.03. The van der Waals surface area contributed by atoms with Crippen LogP contribution in [0.2, 0.25) is 0 Å². The summed E-state index contributed by atoms with van der Waals surface area (Å²) in [4.78, 5) is 2.75. The van der Waals surface area contributed by atoms with E-state index in [0.717, 1.165) is 24.0 Å². The van der Waals surface area contributed by atoms with Crippen molar-refractivity contribution in [3.8, 4) is 0 Å². The lowest BCUT2D eigenvalue weighted by Crippen LogP contribution is -2.49. The Hall–Kier alpha value is -0.0800. The van der Waals surface area contributed by atoms with Crippen LogP contribution in [0.1, 0.15) is 71.1 Å². The van der Waals surface area contributed by atoms with Crippen LogP contribution in [-0.4, -0.2) is 36.1 Å². The van der Waals surface area contributed by atoms with E-state index in [-0.39, 0.29) is 0 Å². The van der Waals surface area contributed by atoms with Crippen LogP contribution in [0.5, 0.6) is 0 Å². The van der Waals surface area contributed by atoms with Gasteiger partial charge in [0.1, 0.15) is 0 Å². The largest absolute Gasteiger partial charge is 0.310 e. The number of hydrogen-bond acceptors (Lipinski definition) is 2. The smallest absolute Gasteiger partial charge is 0.0249 e. The van der Waals surface area contributed by atoms with Crippen LogP contribution in [-0.2, 0) is 0 Å². The average molecular weight is 264 g/mol. The first-order valence-corrected chi connectivity index (χ1v) is 8.85. The summed E-state index contributed by atoms with van der Waals surface area (Å²) < 4.78 is 0. The minimum absolute atomic E-state index is 0.741. The van der Waals surface area contributed by atoms with E-state index < -0.39 is 0 Å². The molecular formula is C17H32N2. The molecular weight excluding hydrogens is 232 g/mol. The molecule has 2 heterocycles. The van der Waals surface area contributed by atoms with Crippen molar-refractivity contribution in [3.63, 3.8) is 0 Å². The summed E-state index contributed by atoms with van der Waals surface area (Å²) in [7, 11) is 0. The third kappa shape index (κ3) is 3.33. The minimum atomic E-state index is 0.741. The highest BCUT2D eigenvalue weighted by atomic mass is 15.2. The van der Waals surface area contributed by atoms with Gasteiger partial charge in [0.25, 0.3) is 0 Å². The number of nitrogens with one attached hydrogen (secondary N) is 1. The molecule has 2 aliphatic heterocycles. The fraction of sp³-hybridized carbons (Fsp3) is 1.00. The predicted molar refractivity (Wildman–Crippen MR) is 81.4 cm³/mol. The summed E-state index contributed by atoms with van der Waals surface area (Å²) in [5, 5.41) is 4.03. The number of nitrogens with zero attached hydrogens (tertiary/aromatic N) is 1. The first-order chi connectivity index (χ1) is 9.34. The first-order valence-electron chi connectivity index (χ1n) is 8.85. The zero-order chi connectivity index (χ0) is 13.1. The van der Waals surface area contributed by atoms with Gasteiger partial charge in [-0.2, -0.15) is 0 Å². The van der Waals surface area contributed by atoms with E-state index in [0.29, 0.717) is 0 Å². The lowest BCUT2D eigenvalue weighted by atomic mass is 9.91. The molecule has 2 heteroatoms. The van der Waals surface area contributed by atoms with Gasteiger partial charge in [0.15, 0.2) is 0 Å². The normalized spacial score (nSPS) is 35.8. The molecule has 0 aromatic rings. The summed E-state index contributed by atoms with van der Waals surface area (Å²) in [6.07, 6.45) is 14.5. The Kier molecular flexibility index (Phi) is 4.81. The van der Waals surface area contributed by atoms with Crippen LogP contribution in [0.3, 0.4) is 0 Å². The molecule has 0 radical (unpaired) electrons. The molecule has 19 heavy (non-hydrogen) atoms. The Morgan fingerprint density at radius 3 is 2.37 bits per heavy atom. The fourth-order valence-electron chi connectivity index (χ4n) is 4.73. The van der Waals surface area contributed by atoms with E-state index in [1.165, 1.54) is 77.3 Å². The number of rotatable bonds is 3. The lowest BCUT2D eigenvalue weighted by Gasteiger charge is -2.35. The van der Waals surface area contributed by atoms with Crippen molar-refractivity contribution in [2.75, 3.05) is 13.1 Å². The lowest BCUT2D eigenvalue weighted by molar-refractivity contribution is 0.171. The van der Waals surface area contributed by atoms with Crippen molar-refractivity contribution < 1.29 is 0 Å². The fourth-order valence-corrected chi connectivity index (χ4v) is 4.73. The van der Waals surface area contributed by atoms with Gasteiger partial charge < -0.3 is 5.32 Å². The van der Waals surface area contributed by atoms with Crippen molar-refractivity contribution in [1.82, 2.24) is 10.2 Å². The summed E-state index contributed by atoms with van der Waals surface area (Å²) >= 11 is 0. The number of hydrogen-bond donors (Lipinski definition) is 1. The molecule has 2 unspecified atom stereocenters. The van der Waals surface area contributed by atoms with Crippen LogP contribution < -0.4 is 5.32 Å². The number of piperidine rings is 1. The quantitative estimate of drug-likeness (QED) is 0.784. The van der Waals surface area contributed by atoms with Gasteiger partial charge in [-0.25, -0.2) is 0 Å². The molecule has 2 saturated heterocycles. The van der Waals surface area contributed by atoms with Gasteiger partial charge >= 0.3 is 0 Å². The van der Waals surface area contributed by atoms with Gasteiger partial charge in [0.05, 0.1) is 0 Å². The summed E-state index contributed by atoms with van der Waals surface area (Å²) in [5.41, 5.74) is 0. The van der Waals surface area contributed by atoms with E-state index >= 15 is 0 Å². The van der Waals surface area contributed by atoms with Crippen molar-refractivity contribution in [2.24, 2.45) is 5.92 Å². The van der Waals surface area contributed by atoms with Gasteiger partial charge in [-0.15, -0.1) is 0 Å². The molecule has 0 spiro atoms. The third-order valence-corrected chi connectivity index (χ3v) is 5.94. The second-order valence-electron chi connectivity index (χ2n) is 7.20. The molecule has 1 saturated carbocycles. The molecule has 110 valence electrons. The monoisotopic (exact) mass is 264 g/mol. The zero-order valence-corrected chi connectivity index (χ0v) is 12.7. The Morgan fingerprint density at radius 1 is 0.842 bits per heavy atom. The highest BCUT2D eigenvalue weighted by Crippen LogP contribution is 2.30. The summed E-state index contributed by atoms with van der Waals surface area (Å²) in [6.45, 7) is 5.17. The van der Waals surface area contributed by atoms with E-state index in [1.807, 2.05) is 0 Å². The van der Waals surface area contributed by atoms with Crippen LogP contribution >= 0.6 is 0 Å². The molecule has 2 nitrogen and oxygen atoms in total. The van der Waals surface area contributed by atoms with Gasteiger partial charge in [-0.1, -0.05) is 32.1 Å². The average Bonchev–Trinajstić information content (AvgIpc) is 2.66. The van der Waals surface area contributed by atoms with Gasteiger partial charge in [-0.3, -0.25) is 4.90 Å². The topological polar surface area (TPSA) is 15.3 Å². The molecule has 3 atom stereocenters. The van der Waals surface area contributed by atoms with Crippen LogP contribution in [0, 0.1) is 5.92 Å². The van der Waals surface area contributed by atoms with Crippen LogP contribution in [0.15, 0.2) is 0 Å². The van der Waals surface area contributed by atoms with Crippen molar-refractivity contribution in [3.05, 3.63) is 0 Å². The molecule has 3 fully saturated rings. The predicted octanol–water partition coefficient (Wildman–Crippen LogP) is 3.56. The molecule has 0 amide bonds. The standard InChI is InChI=1S/C17H32N2/c1-14(15-8-4-2-3-5-9-15)18-16-11-13-19-12-7-6-10-17(16)19/h14-18H,2-13H2,1H3/t14-,16?,17?/m0/s1. The second-order valence-corrected chi connectivity index (χ2v) is 7.20. The maximum Gasteiger partial charge on any atom is 0.0249 e. The molecule has 1 N–H and O–H groups in total.